The van der Waals surface area contributed by atoms with E-state index in [2.05, 4.69) is 28.4 Å². The smallest absolute Gasteiger partial charge is 0.252 e. The van der Waals surface area contributed by atoms with Gasteiger partial charge in [-0.1, -0.05) is 24.3 Å². The van der Waals surface area contributed by atoms with Crippen molar-refractivity contribution < 1.29 is 9.53 Å². The molecule has 1 spiro atoms. The van der Waals surface area contributed by atoms with Crippen molar-refractivity contribution in [2.75, 3.05) is 19.7 Å². The van der Waals surface area contributed by atoms with Crippen molar-refractivity contribution in [1.82, 2.24) is 10.2 Å². The highest BCUT2D eigenvalue weighted by atomic mass is 16.5. The van der Waals surface area contributed by atoms with Gasteiger partial charge in [0.1, 0.15) is 5.75 Å². The third kappa shape index (κ3) is 3.08. The van der Waals surface area contributed by atoms with Crippen LogP contribution in [-0.2, 0) is 18.5 Å². The molecule has 30 heavy (non-hydrogen) atoms. The van der Waals surface area contributed by atoms with E-state index in [1.54, 1.807) is 6.08 Å². The van der Waals surface area contributed by atoms with Gasteiger partial charge in [0.2, 0.25) is 0 Å². The predicted octanol–water partition coefficient (Wildman–Crippen LogP) is 2.81. The van der Waals surface area contributed by atoms with E-state index in [0.717, 1.165) is 54.9 Å². The normalized spacial score (nSPS) is 19.9. The van der Waals surface area contributed by atoms with E-state index in [-0.39, 0.29) is 11.3 Å². The number of nitrogens with one attached hydrogen (secondary N) is 2. The van der Waals surface area contributed by atoms with Gasteiger partial charge in [-0.2, -0.15) is 0 Å². The molecule has 3 heterocycles. The third-order valence-electron chi connectivity index (χ3n) is 6.74. The fourth-order valence-electron chi connectivity index (χ4n) is 5.00. The summed E-state index contributed by atoms with van der Waals surface area (Å²) in [5.74, 6) is 0.950. The number of allylic oxidation sites excluding steroid dienone is 1. The number of piperidine rings is 1. The molecule has 0 unspecified atom stereocenters. The van der Waals surface area contributed by atoms with Gasteiger partial charge in [-0.25, -0.2) is 0 Å². The second-order valence-electron chi connectivity index (χ2n) is 8.49. The van der Waals surface area contributed by atoms with Crippen molar-refractivity contribution in [1.29, 1.82) is 5.41 Å². The summed E-state index contributed by atoms with van der Waals surface area (Å²) in [6.45, 7) is 4.19. The third-order valence-corrected chi connectivity index (χ3v) is 6.74. The Balaban J connectivity index is 1.30. The molecule has 0 atom stereocenters. The summed E-state index contributed by atoms with van der Waals surface area (Å²) in [6.07, 6.45) is 4.93. The summed E-state index contributed by atoms with van der Waals surface area (Å²) in [5, 5.41) is 10.1. The lowest BCUT2D eigenvalue weighted by Gasteiger charge is -2.38. The Hall–Kier alpha value is -3.12. The number of likely N-dealkylation sites (tertiary alicyclic amines) is 1. The van der Waals surface area contributed by atoms with Gasteiger partial charge in [-0.3, -0.25) is 9.69 Å². The first-order chi connectivity index (χ1) is 14.6. The van der Waals surface area contributed by atoms with Crippen LogP contribution in [0, 0.1) is 5.41 Å². The molecular weight excluding hydrogens is 376 g/mol. The molecule has 0 aliphatic carbocycles. The number of fused-ring (bicyclic) bond motifs is 4. The van der Waals surface area contributed by atoms with Crippen LogP contribution < -0.4 is 15.8 Å². The summed E-state index contributed by atoms with van der Waals surface area (Å²) in [6, 6.07) is 12.3. The largest absolute Gasteiger partial charge is 0.492 e. The molecule has 0 radical (unpaired) electrons. The van der Waals surface area contributed by atoms with Crippen LogP contribution in [0.5, 0.6) is 5.75 Å². The fraction of sp³-hybridized carbons (Fsp3) is 0.333. The fourth-order valence-corrected chi connectivity index (χ4v) is 5.00. The first-order valence-electron chi connectivity index (χ1n) is 10.4. The molecule has 3 aliphatic rings. The van der Waals surface area contributed by atoms with Gasteiger partial charge < -0.3 is 21.2 Å². The zero-order chi connectivity index (χ0) is 20.7. The Labute approximate surface area is 176 Å². The molecule has 2 aromatic carbocycles. The van der Waals surface area contributed by atoms with Crippen molar-refractivity contribution in [3.63, 3.8) is 0 Å². The molecule has 1 saturated heterocycles. The number of carbonyl (C=O) groups excluding carboxylic acids is 1. The van der Waals surface area contributed by atoms with Crippen LogP contribution in [-0.4, -0.2) is 36.7 Å². The molecule has 0 aromatic heterocycles. The van der Waals surface area contributed by atoms with E-state index in [1.807, 2.05) is 18.2 Å². The minimum atomic E-state index is 0.00509. The van der Waals surface area contributed by atoms with Crippen LogP contribution in [0.1, 0.15) is 45.5 Å². The molecule has 3 aliphatic heterocycles. The number of nitrogens with two attached hydrogens (primary N) is 1. The molecule has 0 saturated carbocycles. The van der Waals surface area contributed by atoms with Crippen molar-refractivity contribution in [3.8, 4) is 5.75 Å². The van der Waals surface area contributed by atoms with Gasteiger partial charge in [0, 0.05) is 47.1 Å². The monoisotopic (exact) mass is 402 g/mol. The van der Waals surface area contributed by atoms with Crippen LogP contribution in [0.2, 0.25) is 0 Å². The number of carbonyl (C=O) groups is 1. The Morgan fingerprint density at radius 1 is 1.27 bits per heavy atom. The van der Waals surface area contributed by atoms with Crippen LogP contribution in [0.3, 0.4) is 0 Å². The molecule has 6 nitrogen and oxygen atoms in total. The lowest BCUT2D eigenvalue weighted by Crippen LogP contribution is -2.43. The van der Waals surface area contributed by atoms with Gasteiger partial charge >= 0.3 is 0 Å². The number of benzene rings is 2. The van der Waals surface area contributed by atoms with Crippen LogP contribution >= 0.6 is 0 Å². The molecule has 154 valence electrons. The van der Waals surface area contributed by atoms with E-state index in [9.17, 15) is 4.79 Å². The number of amides is 1. The van der Waals surface area contributed by atoms with E-state index in [4.69, 9.17) is 15.9 Å². The number of rotatable bonds is 4. The quantitative estimate of drug-likeness (QED) is 0.686. The number of hydrogen-bond acceptors (Lipinski definition) is 5. The Morgan fingerprint density at radius 2 is 2.10 bits per heavy atom. The van der Waals surface area contributed by atoms with Crippen LogP contribution in [0.25, 0.3) is 5.70 Å². The van der Waals surface area contributed by atoms with E-state index in [1.165, 1.54) is 17.3 Å². The molecule has 1 fully saturated rings. The highest BCUT2D eigenvalue weighted by molar-refractivity contribution is 5.99. The van der Waals surface area contributed by atoms with Gasteiger partial charge in [0.15, 0.2) is 0 Å². The molecule has 5 rings (SSSR count). The highest BCUT2D eigenvalue weighted by Crippen LogP contribution is 2.48. The molecule has 2 aromatic rings. The molecule has 6 heteroatoms. The lowest BCUT2D eigenvalue weighted by molar-refractivity contribution is 0.0965. The first-order valence-corrected chi connectivity index (χ1v) is 10.4. The standard InChI is InChI=1S/C24H26N4O2/c25-9-6-21(26)17-3-1-2-16(12-17)14-28-10-7-24(8-11-28)15-30-22-19-13-27-23(29)18(19)4-5-20(22)24/h1-6,9,12,25H,7-8,10-11,13-15,26H2,(H,27,29)/b21-6-,25-9?. The average molecular weight is 402 g/mol. The number of ether oxygens (including phenoxy) is 1. The zero-order valence-electron chi connectivity index (χ0n) is 16.9. The second kappa shape index (κ2) is 7.29. The topological polar surface area (TPSA) is 91.4 Å². The first kappa shape index (κ1) is 18.9. The van der Waals surface area contributed by atoms with Gasteiger partial charge in [-0.05, 0) is 55.3 Å². The van der Waals surface area contributed by atoms with Crippen molar-refractivity contribution in [3.05, 3.63) is 70.3 Å². The predicted molar refractivity (Wildman–Crippen MR) is 117 cm³/mol. The second-order valence-corrected chi connectivity index (χ2v) is 8.49. The Bertz CT molecular complexity index is 1050. The summed E-state index contributed by atoms with van der Waals surface area (Å²) < 4.78 is 6.15. The van der Waals surface area contributed by atoms with E-state index >= 15 is 0 Å². The maximum atomic E-state index is 12.0. The van der Waals surface area contributed by atoms with Gasteiger partial charge in [-0.15, -0.1) is 0 Å². The molecule has 1 amide bonds. The molecule has 0 bridgehead atoms. The van der Waals surface area contributed by atoms with Crippen molar-refractivity contribution >= 4 is 17.8 Å². The Kier molecular flexibility index (Phi) is 4.59. The SMILES string of the molecule is N=C/C=C(\N)c1cccc(CN2CCC3(CC2)COc2c3ccc3c2CNC3=O)c1. The molecule has 4 N–H and O–H groups in total. The average Bonchev–Trinajstić information content (AvgIpc) is 3.31. The lowest BCUT2D eigenvalue weighted by atomic mass is 9.74. The Morgan fingerprint density at radius 3 is 2.90 bits per heavy atom. The van der Waals surface area contributed by atoms with Crippen molar-refractivity contribution in [2.45, 2.75) is 31.3 Å². The van der Waals surface area contributed by atoms with Crippen molar-refractivity contribution in [2.24, 2.45) is 5.73 Å². The number of hydrogen-bond donors (Lipinski definition) is 3. The zero-order valence-corrected chi connectivity index (χ0v) is 16.9. The molecular formula is C24H26N4O2. The summed E-state index contributed by atoms with van der Waals surface area (Å²) in [5.41, 5.74) is 12.0. The summed E-state index contributed by atoms with van der Waals surface area (Å²) in [4.78, 5) is 14.4. The number of nitrogens with zero attached hydrogens (tertiary/aromatic N) is 1. The van der Waals surface area contributed by atoms with Crippen LogP contribution in [0.15, 0.2) is 42.5 Å². The highest BCUT2D eigenvalue weighted by Gasteiger charge is 2.45. The maximum Gasteiger partial charge on any atom is 0.252 e. The van der Waals surface area contributed by atoms with E-state index < -0.39 is 0 Å². The minimum absolute atomic E-state index is 0.00509. The van der Waals surface area contributed by atoms with Crippen LogP contribution in [0.4, 0.5) is 0 Å². The van der Waals surface area contributed by atoms with Gasteiger partial charge in [0.05, 0.1) is 6.61 Å². The minimum Gasteiger partial charge on any atom is -0.492 e. The summed E-state index contributed by atoms with van der Waals surface area (Å²) >= 11 is 0. The maximum absolute atomic E-state index is 12.0. The van der Waals surface area contributed by atoms with Gasteiger partial charge in [0.25, 0.3) is 5.91 Å². The van der Waals surface area contributed by atoms with E-state index in [0.29, 0.717) is 18.8 Å². The summed E-state index contributed by atoms with van der Waals surface area (Å²) in [7, 11) is 0.